The van der Waals surface area contributed by atoms with E-state index in [1.54, 1.807) is 7.11 Å². The second-order valence-electron chi connectivity index (χ2n) is 6.79. The van der Waals surface area contributed by atoms with Crippen molar-refractivity contribution in [2.45, 2.75) is 13.3 Å². The Morgan fingerprint density at radius 1 is 1.17 bits per heavy atom. The average molecular weight is 507 g/mol. The van der Waals surface area contributed by atoms with Crippen LogP contribution in [0.4, 0.5) is 5.69 Å². The van der Waals surface area contributed by atoms with Gasteiger partial charge in [-0.2, -0.15) is 0 Å². The van der Waals surface area contributed by atoms with Gasteiger partial charge in [0.1, 0.15) is 5.75 Å². The summed E-state index contributed by atoms with van der Waals surface area (Å²) in [7, 11) is 1.67. The topological polar surface area (TPSA) is 53.6 Å². The molecule has 0 spiro atoms. The number of anilines is 1. The van der Waals surface area contributed by atoms with Gasteiger partial charge in [0.25, 0.3) is 0 Å². The maximum absolute atomic E-state index is 12.0. The first-order chi connectivity index (χ1) is 14.1. The second-order valence-corrected chi connectivity index (χ2v) is 7.47. The zero-order chi connectivity index (χ0) is 20.9. The highest BCUT2D eigenvalue weighted by Crippen LogP contribution is 2.12. The normalized spacial score (nSPS) is 11.2. The monoisotopic (exact) mass is 507 g/mol. The molecule has 0 aliphatic heterocycles. The maximum atomic E-state index is 12.0. The molecule has 0 radical (unpaired) electrons. The summed E-state index contributed by atoms with van der Waals surface area (Å²) in [6.07, 6.45) is 4.77. The summed E-state index contributed by atoms with van der Waals surface area (Å²) in [4.78, 5) is 14.4. The number of nitrogens with one attached hydrogen (secondary N) is 2. The number of hydrogen-bond acceptors (Lipinski definition) is 4. The predicted molar refractivity (Wildman–Crippen MR) is 130 cm³/mol. The lowest BCUT2D eigenvalue weighted by Crippen LogP contribution is -2.32. The summed E-state index contributed by atoms with van der Waals surface area (Å²) in [5, 5.41) is 6.29. The van der Waals surface area contributed by atoms with Gasteiger partial charge in [0.15, 0.2) is 0 Å². The molecule has 0 saturated heterocycles. The van der Waals surface area contributed by atoms with Crippen molar-refractivity contribution in [2.24, 2.45) is 0 Å². The zero-order valence-corrected chi connectivity index (χ0v) is 19.3. The third-order valence-corrected chi connectivity index (χ3v) is 5.36. The van der Waals surface area contributed by atoms with Gasteiger partial charge >= 0.3 is 0 Å². The lowest BCUT2D eigenvalue weighted by molar-refractivity contribution is -0.116. The molecule has 0 atom stereocenters. The van der Waals surface area contributed by atoms with E-state index in [4.69, 9.17) is 4.74 Å². The SMILES string of the molecule is COc1ccc(/C=C/CN(CI)CCNCCC(=O)Nc2cccc(C)c2)cc1. The smallest absolute Gasteiger partial charge is 0.225 e. The Balaban J connectivity index is 1.61. The number of ether oxygens (including phenoxy) is 1. The molecule has 156 valence electrons. The zero-order valence-electron chi connectivity index (χ0n) is 17.2. The highest BCUT2D eigenvalue weighted by atomic mass is 127. The van der Waals surface area contributed by atoms with Crippen LogP contribution in [0.3, 0.4) is 0 Å². The van der Waals surface area contributed by atoms with Crippen LogP contribution in [0, 0.1) is 6.92 Å². The van der Waals surface area contributed by atoms with Crippen molar-refractivity contribution in [3.05, 3.63) is 65.7 Å². The van der Waals surface area contributed by atoms with E-state index in [1.165, 1.54) is 0 Å². The van der Waals surface area contributed by atoms with E-state index in [9.17, 15) is 4.79 Å². The molecule has 6 heteroatoms. The van der Waals surface area contributed by atoms with Gasteiger partial charge in [-0.05, 0) is 42.3 Å². The van der Waals surface area contributed by atoms with Crippen molar-refractivity contribution < 1.29 is 9.53 Å². The van der Waals surface area contributed by atoms with E-state index in [0.717, 1.165) is 46.7 Å². The minimum Gasteiger partial charge on any atom is -0.497 e. The quantitative estimate of drug-likeness (QED) is 0.194. The molecule has 29 heavy (non-hydrogen) atoms. The highest BCUT2D eigenvalue weighted by molar-refractivity contribution is 14.1. The van der Waals surface area contributed by atoms with Crippen LogP contribution in [0.25, 0.3) is 6.08 Å². The number of alkyl halides is 1. The van der Waals surface area contributed by atoms with Crippen LogP contribution in [-0.4, -0.2) is 48.6 Å². The summed E-state index contributed by atoms with van der Waals surface area (Å²) >= 11 is 2.38. The number of carbonyl (C=O) groups excluding carboxylic acids is 1. The Morgan fingerprint density at radius 2 is 1.97 bits per heavy atom. The summed E-state index contributed by atoms with van der Waals surface area (Å²) in [6.45, 7) is 5.38. The summed E-state index contributed by atoms with van der Waals surface area (Å²) < 4.78 is 6.14. The van der Waals surface area contributed by atoms with Crippen LogP contribution in [0.1, 0.15) is 17.5 Å². The molecule has 0 fully saturated rings. The van der Waals surface area contributed by atoms with Crippen LogP contribution >= 0.6 is 22.6 Å². The fraction of sp³-hybridized carbons (Fsp3) is 0.348. The average Bonchev–Trinajstić information content (AvgIpc) is 2.72. The van der Waals surface area contributed by atoms with E-state index in [0.29, 0.717) is 13.0 Å². The molecule has 0 unspecified atom stereocenters. The number of carbonyl (C=O) groups is 1. The van der Waals surface area contributed by atoms with Crippen LogP contribution in [0.15, 0.2) is 54.6 Å². The largest absolute Gasteiger partial charge is 0.497 e. The number of methoxy groups -OCH3 is 1. The number of nitrogens with zero attached hydrogens (tertiary/aromatic N) is 1. The van der Waals surface area contributed by atoms with Gasteiger partial charge < -0.3 is 15.4 Å². The summed E-state index contributed by atoms with van der Waals surface area (Å²) in [5.74, 6) is 0.908. The van der Waals surface area contributed by atoms with Gasteiger partial charge in [0.2, 0.25) is 5.91 Å². The van der Waals surface area contributed by atoms with Crippen LogP contribution in [0.5, 0.6) is 5.75 Å². The number of halogens is 1. The van der Waals surface area contributed by atoms with Gasteiger partial charge in [-0.15, -0.1) is 0 Å². The number of rotatable bonds is 12. The molecule has 0 saturated carbocycles. The Hall–Kier alpha value is -1.90. The Morgan fingerprint density at radius 3 is 2.66 bits per heavy atom. The van der Waals surface area contributed by atoms with Gasteiger partial charge in [0.05, 0.1) is 11.7 Å². The molecule has 2 rings (SSSR count). The highest BCUT2D eigenvalue weighted by Gasteiger charge is 2.03. The second kappa shape index (κ2) is 13.3. The lowest BCUT2D eigenvalue weighted by atomic mass is 10.2. The molecule has 2 N–H and O–H groups in total. The molecule has 0 aliphatic carbocycles. The molecular weight excluding hydrogens is 477 g/mol. The van der Waals surface area contributed by atoms with E-state index >= 15 is 0 Å². The van der Waals surface area contributed by atoms with E-state index in [1.807, 2.05) is 55.5 Å². The first-order valence-electron chi connectivity index (χ1n) is 9.77. The van der Waals surface area contributed by atoms with Gasteiger partial charge in [-0.3, -0.25) is 9.69 Å². The molecular formula is C23H30IN3O2. The molecule has 1 amide bonds. The molecule has 0 heterocycles. The van der Waals surface area contributed by atoms with Crippen molar-refractivity contribution in [1.82, 2.24) is 10.2 Å². The predicted octanol–water partition coefficient (Wildman–Crippen LogP) is 4.33. The molecule has 0 bridgehead atoms. The Bertz CT molecular complexity index is 778. The van der Waals surface area contributed by atoms with Crippen molar-refractivity contribution in [3.8, 4) is 5.75 Å². The van der Waals surface area contributed by atoms with Gasteiger partial charge in [-0.1, -0.05) is 59.0 Å². The molecule has 0 aromatic heterocycles. The Labute approximate surface area is 187 Å². The third kappa shape index (κ3) is 9.43. The minimum absolute atomic E-state index is 0.0382. The molecule has 5 nitrogen and oxygen atoms in total. The molecule has 2 aromatic rings. The first kappa shape index (κ1) is 23.4. The number of hydrogen-bond donors (Lipinski definition) is 2. The Kier molecular flexibility index (Phi) is 10.8. The van der Waals surface area contributed by atoms with Gasteiger partial charge in [0, 0.05) is 38.3 Å². The van der Waals surface area contributed by atoms with Crippen LogP contribution < -0.4 is 15.4 Å². The number of benzene rings is 2. The van der Waals surface area contributed by atoms with Crippen molar-refractivity contribution >= 4 is 40.3 Å². The van der Waals surface area contributed by atoms with E-state index in [-0.39, 0.29) is 5.91 Å². The minimum atomic E-state index is 0.0382. The summed E-state index contributed by atoms with van der Waals surface area (Å²) in [5.41, 5.74) is 3.16. The molecule has 2 aromatic carbocycles. The standard InChI is InChI=1S/C23H30IN3O2/c1-19-5-3-7-21(17-19)26-23(28)12-13-25-14-16-27(18-24)15-4-6-20-8-10-22(29-2)11-9-20/h3-11,17,25H,12-16,18H2,1-2H3,(H,26,28)/b6-4+. The fourth-order valence-electron chi connectivity index (χ4n) is 2.76. The van der Waals surface area contributed by atoms with Crippen molar-refractivity contribution in [2.75, 3.05) is 43.2 Å². The van der Waals surface area contributed by atoms with Crippen molar-refractivity contribution in [1.29, 1.82) is 0 Å². The first-order valence-corrected chi connectivity index (χ1v) is 11.3. The van der Waals surface area contributed by atoms with Crippen LogP contribution in [0.2, 0.25) is 0 Å². The number of amides is 1. The maximum Gasteiger partial charge on any atom is 0.225 e. The van der Waals surface area contributed by atoms with Crippen LogP contribution in [-0.2, 0) is 4.79 Å². The van der Waals surface area contributed by atoms with E-state index in [2.05, 4.69) is 50.3 Å². The van der Waals surface area contributed by atoms with Crippen molar-refractivity contribution in [3.63, 3.8) is 0 Å². The summed E-state index contributed by atoms with van der Waals surface area (Å²) in [6, 6.07) is 15.9. The van der Waals surface area contributed by atoms with Gasteiger partial charge in [-0.25, -0.2) is 0 Å². The van der Waals surface area contributed by atoms with E-state index < -0.39 is 0 Å². The lowest BCUT2D eigenvalue weighted by Gasteiger charge is -2.17. The molecule has 0 aliphatic rings. The third-order valence-electron chi connectivity index (χ3n) is 4.39. The number of aryl methyl sites for hydroxylation is 1. The fourth-order valence-corrected chi connectivity index (χ4v) is 3.38.